The summed E-state index contributed by atoms with van der Waals surface area (Å²) in [6.07, 6.45) is 1.68. The molecule has 0 radical (unpaired) electrons. The molecule has 2 rings (SSSR count). The first-order valence-corrected chi connectivity index (χ1v) is 5.38. The van der Waals surface area contributed by atoms with Crippen molar-refractivity contribution in [3.63, 3.8) is 0 Å². The number of carboxylic acids is 1. The molecule has 1 aromatic heterocycles. The lowest BCUT2D eigenvalue weighted by Crippen LogP contribution is -2.04. The number of benzene rings is 1. The molecule has 2 aromatic rings. The highest BCUT2D eigenvalue weighted by atomic mass is 16.4. The van der Waals surface area contributed by atoms with E-state index < -0.39 is 5.97 Å². The molecule has 88 valence electrons. The molecule has 0 unspecified atom stereocenters. The van der Waals surface area contributed by atoms with Crippen molar-refractivity contribution in [2.24, 2.45) is 0 Å². The number of nitrogens with zero attached hydrogens (tertiary/aromatic N) is 2. The van der Waals surface area contributed by atoms with E-state index in [-0.39, 0.29) is 5.69 Å². The Kier molecular flexibility index (Phi) is 2.95. The van der Waals surface area contributed by atoms with Crippen molar-refractivity contribution in [2.45, 2.75) is 20.4 Å². The van der Waals surface area contributed by atoms with Crippen LogP contribution in [0.3, 0.4) is 0 Å². The lowest BCUT2D eigenvalue weighted by atomic mass is 10.1. The lowest BCUT2D eigenvalue weighted by molar-refractivity contribution is 0.0689. The molecule has 0 spiro atoms. The van der Waals surface area contributed by atoms with E-state index in [0.717, 1.165) is 5.56 Å². The molecule has 4 nitrogen and oxygen atoms in total. The van der Waals surface area contributed by atoms with E-state index in [1.165, 1.54) is 17.2 Å². The van der Waals surface area contributed by atoms with E-state index in [1.54, 1.807) is 10.9 Å². The second-order valence-corrected chi connectivity index (χ2v) is 4.20. The van der Waals surface area contributed by atoms with Crippen LogP contribution >= 0.6 is 0 Å². The minimum atomic E-state index is -0.996. The number of hydrogen-bond acceptors (Lipinski definition) is 2. The van der Waals surface area contributed by atoms with Gasteiger partial charge in [-0.15, -0.1) is 0 Å². The van der Waals surface area contributed by atoms with Crippen LogP contribution in [0, 0.1) is 13.8 Å². The van der Waals surface area contributed by atoms with Crippen molar-refractivity contribution in [3.8, 4) is 0 Å². The second kappa shape index (κ2) is 4.41. The summed E-state index contributed by atoms with van der Waals surface area (Å²) in [6.45, 7) is 4.68. The third-order valence-corrected chi connectivity index (χ3v) is 2.49. The Hall–Kier alpha value is -2.10. The van der Waals surface area contributed by atoms with Gasteiger partial charge in [-0.1, -0.05) is 29.3 Å². The van der Waals surface area contributed by atoms with E-state index in [2.05, 4.69) is 23.3 Å². The molecule has 17 heavy (non-hydrogen) atoms. The minimum absolute atomic E-state index is 0.0781. The number of hydrogen-bond donors (Lipinski definition) is 1. The molecule has 1 N–H and O–H groups in total. The van der Waals surface area contributed by atoms with Crippen molar-refractivity contribution in [2.75, 3.05) is 0 Å². The van der Waals surface area contributed by atoms with Crippen LogP contribution in [-0.2, 0) is 6.54 Å². The Morgan fingerprint density at radius 2 is 1.94 bits per heavy atom. The van der Waals surface area contributed by atoms with Gasteiger partial charge in [0.2, 0.25) is 0 Å². The molecule has 0 aliphatic carbocycles. The first-order chi connectivity index (χ1) is 8.04. The first-order valence-electron chi connectivity index (χ1n) is 5.38. The van der Waals surface area contributed by atoms with Crippen LogP contribution in [0.1, 0.15) is 27.2 Å². The molecule has 0 saturated heterocycles. The maximum atomic E-state index is 10.7. The monoisotopic (exact) mass is 230 g/mol. The van der Waals surface area contributed by atoms with Gasteiger partial charge in [0.1, 0.15) is 0 Å². The van der Waals surface area contributed by atoms with Gasteiger partial charge in [-0.3, -0.25) is 4.68 Å². The molecular weight excluding hydrogens is 216 g/mol. The molecule has 0 aliphatic rings. The van der Waals surface area contributed by atoms with E-state index in [9.17, 15) is 4.79 Å². The van der Waals surface area contributed by atoms with Crippen molar-refractivity contribution in [3.05, 3.63) is 52.8 Å². The number of carbonyl (C=O) groups is 1. The van der Waals surface area contributed by atoms with Crippen molar-refractivity contribution in [1.82, 2.24) is 9.78 Å². The molecule has 4 heteroatoms. The fraction of sp³-hybridized carbons (Fsp3) is 0.231. The molecule has 0 amide bonds. The Bertz CT molecular complexity index is 538. The summed E-state index contributed by atoms with van der Waals surface area (Å²) in [5.74, 6) is -0.996. The second-order valence-electron chi connectivity index (χ2n) is 4.20. The lowest BCUT2D eigenvalue weighted by Gasteiger charge is -2.05. The molecular formula is C13H14N2O2. The fourth-order valence-corrected chi connectivity index (χ4v) is 1.91. The number of rotatable bonds is 3. The first kappa shape index (κ1) is 11.4. The number of aryl methyl sites for hydroxylation is 2. The Balaban J connectivity index is 2.22. The molecule has 0 atom stereocenters. The maximum absolute atomic E-state index is 10.7. The van der Waals surface area contributed by atoms with E-state index in [0.29, 0.717) is 6.54 Å². The van der Waals surface area contributed by atoms with Gasteiger partial charge in [0, 0.05) is 6.20 Å². The summed E-state index contributed by atoms with van der Waals surface area (Å²) in [5.41, 5.74) is 3.60. The predicted molar refractivity (Wildman–Crippen MR) is 64.2 cm³/mol. The Morgan fingerprint density at radius 3 is 2.47 bits per heavy atom. The molecule has 0 fully saturated rings. The fourth-order valence-electron chi connectivity index (χ4n) is 1.91. The van der Waals surface area contributed by atoms with Crippen LogP contribution in [0.5, 0.6) is 0 Å². The van der Waals surface area contributed by atoms with Crippen molar-refractivity contribution in [1.29, 1.82) is 0 Å². The number of carboxylic acid groups (broad SMARTS) is 1. The summed E-state index contributed by atoms with van der Waals surface area (Å²) in [6, 6.07) is 7.77. The van der Waals surface area contributed by atoms with Crippen LogP contribution in [0.25, 0.3) is 0 Å². The third kappa shape index (κ3) is 2.72. The smallest absolute Gasteiger partial charge is 0.356 e. The van der Waals surface area contributed by atoms with Gasteiger partial charge in [0.25, 0.3) is 0 Å². The van der Waals surface area contributed by atoms with Gasteiger partial charge >= 0.3 is 5.97 Å². The normalized spacial score (nSPS) is 10.5. The predicted octanol–water partition coefficient (Wildman–Crippen LogP) is 2.25. The molecule has 0 saturated carbocycles. The maximum Gasteiger partial charge on any atom is 0.356 e. The molecule has 1 heterocycles. The van der Waals surface area contributed by atoms with Gasteiger partial charge in [0.05, 0.1) is 6.54 Å². The Morgan fingerprint density at radius 1 is 1.29 bits per heavy atom. The topological polar surface area (TPSA) is 55.1 Å². The van der Waals surface area contributed by atoms with Gasteiger partial charge in [-0.25, -0.2) is 4.79 Å². The van der Waals surface area contributed by atoms with Gasteiger partial charge in [-0.05, 0) is 25.5 Å². The van der Waals surface area contributed by atoms with Crippen molar-refractivity contribution >= 4 is 5.97 Å². The summed E-state index contributed by atoms with van der Waals surface area (Å²) < 4.78 is 1.64. The highest BCUT2D eigenvalue weighted by Crippen LogP contribution is 2.10. The Labute approximate surface area is 99.5 Å². The number of aromatic nitrogens is 2. The quantitative estimate of drug-likeness (QED) is 0.879. The SMILES string of the molecule is Cc1cc(C)cc(Cn2ccc(C(=O)O)n2)c1. The number of aromatic carboxylic acids is 1. The minimum Gasteiger partial charge on any atom is -0.476 e. The van der Waals surface area contributed by atoms with Crippen LogP contribution in [-0.4, -0.2) is 20.9 Å². The van der Waals surface area contributed by atoms with Crippen LogP contribution in [0.4, 0.5) is 0 Å². The zero-order valence-corrected chi connectivity index (χ0v) is 9.84. The largest absolute Gasteiger partial charge is 0.476 e. The standard InChI is InChI=1S/C13H14N2O2/c1-9-5-10(2)7-11(6-9)8-15-4-3-12(14-15)13(16)17/h3-7H,8H2,1-2H3,(H,16,17). The van der Waals surface area contributed by atoms with E-state index in [1.807, 2.05) is 13.8 Å². The van der Waals surface area contributed by atoms with Crippen LogP contribution in [0.2, 0.25) is 0 Å². The molecule has 1 aromatic carbocycles. The average Bonchev–Trinajstić information content (AvgIpc) is 2.64. The average molecular weight is 230 g/mol. The molecule has 0 bridgehead atoms. The van der Waals surface area contributed by atoms with Crippen LogP contribution in [0.15, 0.2) is 30.5 Å². The summed E-state index contributed by atoms with van der Waals surface area (Å²) in [4.78, 5) is 10.7. The highest BCUT2D eigenvalue weighted by molar-refractivity contribution is 5.85. The van der Waals surface area contributed by atoms with Gasteiger partial charge in [0.15, 0.2) is 5.69 Å². The third-order valence-electron chi connectivity index (χ3n) is 2.49. The summed E-state index contributed by atoms with van der Waals surface area (Å²) in [7, 11) is 0. The zero-order chi connectivity index (χ0) is 12.4. The molecule has 0 aliphatic heterocycles. The van der Waals surface area contributed by atoms with E-state index in [4.69, 9.17) is 5.11 Å². The van der Waals surface area contributed by atoms with Crippen molar-refractivity contribution < 1.29 is 9.90 Å². The zero-order valence-electron chi connectivity index (χ0n) is 9.84. The van der Waals surface area contributed by atoms with E-state index >= 15 is 0 Å². The van der Waals surface area contributed by atoms with Crippen LogP contribution < -0.4 is 0 Å². The summed E-state index contributed by atoms with van der Waals surface area (Å²) in [5, 5.41) is 12.8. The van der Waals surface area contributed by atoms with Gasteiger partial charge < -0.3 is 5.11 Å². The summed E-state index contributed by atoms with van der Waals surface area (Å²) >= 11 is 0. The van der Waals surface area contributed by atoms with Gasteiger partial charge in [-0.2, -0.15) is 5.10 Å². The highest BCUT2D eigenvalue weighted by Gasteiger charge is 2.06.